The van der Waals surface area contributed by atoms with Crippen molar-refractivity contribution in [2.24, 2.45) is 5.92 Å². The number of hydrogen-bond acceptors (Lipinski definition) is 2. The molecule has 0 spiro atoms. The average Bonchev–Trinajstić information content (AvgIpc) is 3.19. The summed E-state index contributed by atoms with van der Waals surface area (Å²) in [6, 6.07) is 5.34. The van der Waals surface area contributed by atoms with E-state index in [2.05, 4.69) is 17.6 Å². The number of piperidine rings is 1. The first kappa shape index (κ1) is 17.5. The maximum Gasteiger partial charge on any atom is 0.223 e. The van der Waals surface area contributed by atoms with Gasteiger partial charge in [0.25, 0.3) is 0 Å². The second-order valence-electron chi connectivity index (χ2n) is 6.17. The van der Waals surface area contributed by atoms with Crippen LogP contribution in [0.4, 0.5) is 4.39 Å². The fourth-order valence-corrected chi connectivity index (χ4v) is 3.54. The lowest BCUT2D eigenvalue weighted by Crippen LogP contribution is -2.47. The second-order valence-corrected chi connectivity index (χ2v) is 6.58. The highest BCUT2D eigenvalue weighted by molar-refractivity contribution is 6.31. The number of rotatable bonds is 3. The van der Waals surface area contributed by atoms with Gasteiger partial charge in [-0.15, -0.1) is 12.4 Å². The molecule has 122 valence electrons. The minimum absolute atomic E-state index is 0. The van der Waals surface area contributed by atoms with Crippen LogP contribution in [0.2, 0.25) is 5.02 Å². The summed E-state index contributed by atoms with van der Waals surface area (Å²) >= 11 is 6.07. The molecule has 1 saturated heterocycles. The zero-order valence-corrected chi connectivity index (χ0v) is 14.0. The molecule has 0 bridgehead atoms. The molecule has 0 radical (unpaired) electrons. The van der Waals surface area contributed by atoms with Gasteiger partial charge in [-0.05, 0) is 44.9 Å². The lowest BCUT2D eigenvalue weighted by Gasteiger charge is -2.28. The number of carbonyl (C=O) groups is 1. The van der Waals surface area contributed by atoms with E-state index in [-0.39, 0.29) is 42.0 Å². The van der Waals surface area contributed by atoms with Crippen LogP contribution in [0.25, 0.3) is 0 Å². The van der Waals surface area contributed by atoms with Crippen LogP contribution in [0.3, 0.4) is 0 Å². The molecule has 6 heteroatoms. The number of benzene rings is 1. The molecule has 1 aromatic rings. The van der Waals surface area contributed by atoms with E-state index in [9.17, 15) is 9.18 Å². The third kappa shape index (κ3) is 3.73. The van der Waals surface area contributed by atoms with Gasteiger partial charge < -0.3 is 10.6 Å². The Labute approximate surface area is 141 Å². The molecule has 2 N–H and O–H groups in total. The van der Waals surface area contributed by atoms with Crippen LogP contribution in [0.1, 0.15) is 37.7 Å². The third-order valence-corrected chi connectivity index (χ3v) is 4.80. The van der Waals surface area contributed by atoms with Crippen molar-refractivity contribution >= 4 is 29.9 Å². The summed E-state index contributed by atoms with van der Waals surface area (Å²) in [6.45, 7) is 3.05. The maximum atomic E-state index is 13.9. The van der Waals surface area contributed by atoms with Crippen molar-refractivity contribution in [3.8, 4) is 0 Å². The highest BCUT2D eigenvalue weighted by atomic mass is 35.5. The molecule has 22 heavy (non-hydrogen) atoms. The van der Waals surface area contributed by atoms with E-state index < -0.39 is 0 Å². The average molecular weight is 347 g/mol. The van der Waals surface area contributed by atoms with E-state index in [1.807, 2.05) is 0 Å². The van der Waals surface area contributed by atoms with E-state index >= 15 is 0 Å². The molecule has 2 fully saturated rings. The number of amides is 1. The molecule has 1 aliphatic carbocycles. The van der Waals surface area contributed by atoms with Crippen molar-refractivity contribution in [1.29, 1.82) is 0 Å². The zero-order valence-electron chi connectivity index (χ0n) is 12.4. The lowest BCUT2D eigenvalue weighted by molar-refractivity contribution is -0.123. The zero-order chi connectivity index (χ0) is 15.0. The summed E-state index contributed by atoms with van der Waals surface area (Å²) in [5.74, 6) is -0.473. The van der Waals surface area contributed by atoms with E-state index in [1.165, 1.54) is 6.07 Å². The van der Waals surface area contributed by atoms with Gasteiger partial charge >= 0.3 is 0 Å². The van der Waals surface area contributed by atoms with Gasteiger partial charge in [0.1, 0.15) is 5.82 Å². The van der Waals surface area contributed by atoms with Crippen LogP contribution >= 0.6 is 24.0 Å². The molecular formula is C16H21Cl2FN2O. The predicted molar refractivity (Wildman–Crippen MR) is 88.1 cm³/mol. The second kappa shape index (κ2) is 7.16. The summed E-state index contributed by atoms with van der Waals surface area (Å²) in [7, 11) is 0. The summed E-state index contributed by atoms with van der Waals surface area (Å²) in [5, 5.41) is 6.89. The van der Waals surface area contributed by atoms with Crippen molar-refractivity contribution in [2.45, 2.75) is 44.2 Å². The Balaban J connectivity index is 0.00000176. The molecular weight excluding hydrogens is 326 g/mol. The molecule has 3 rings (SSSR count). The largest absolute Gasteiger partial charge is 0.353 e. The smallest absolute Gasteiger partial charge is 0.223 e. The fraction of sp³-hybridized carbons (Fsp3) is 0.562. The Morgan fingerprint density at radius 3 is 2.86 bits per heavy atom. The number of hydrogen-bond donors (Lipinski definition) is 2. The van der Waals surface area contributed by atoms with Crippen molar-refractivity contribution in [2.75, 3.05) is 6.54 Å². The summed E-state index contributed by atoms with van der Waals surface area (Å²) in [6.07, 6.45) is 2.59. The topological polar surface area (TPSA) is 41.1 Å². The highest BCUT2D eigenvalue weighted by Crippen LogP contribution is 2.50. The molecule has 1 saturated carbocycles. The highest BCUT2D eigenvalue weighted by Gasteiger charge is 2.46. The van der Waals surface area contributed by atoms with E-state index in [4.69, 9.17) is 11.6 Å². The summed E-state index contributed by atoms with van der Waals surface area (Å²) < 4.78 is 13.9. The lowest BCUT2D eigenvalue weighted by atomic mass is 10.00. The number of halogens is 3. The van der Waals surface area contributed by atoms with Gasteiger partial charge in [0.15, 0.2) is 0 Å². The molecule has 0 aromatic heterocycles. The monoisotopic (exact) mass is 346 g/mol. The van der Waals surface area contributed by atoms with Gasteiger partial charge in [-0.1, -0.05) is 17.7 Å². The van der Waals surface area contributed by atoms with E-state index in [1.54, 1.807) is 12.1 Å². The number of carbonyl (C=O) groups excluding carboxylic acids is 1. The molecule has 4 atom stereocenters. The van der Waals surface area contributed by atoms with Crippen molar-refractivity contribution in [3.63, 3.8) is 0 Å². The van der Waals surface area contributed by atoms with Gasteiger partial charge in [0.05, 0.1) is 0 Å². The number of nitrogens with one attached hydrogen (secondary N) is 2. The Morgan fingerprint density at radius 2 is 2.18 bits per heavy atom. The van der Waals surface area contributed by atoms with E-state index in [0.717, 1.165) is 19.4 Å². The Morgan fingerprint density at radius 1 is 1.41 bits per heavy atom. The maximum absolute atomic E-state index is 13.9. The first-order valence-electron chi connectivity index (χ1n) is 7.54. The quantitative estimate of drug-likeness (QED) is 0.881. The Hall–Kier alpha value is -0.840. The van der Waals surface area contributed by atoms with Crippen molar-refractivity contribution in [3.05, 3.63) is 34.6 Å². The first-order valence-corrected chi connectivity index (χ1v) is 7.91. The molecule has 3 nitrogen and oxygen atoms in total. The summed E-state index contributed by atoms with van der Waals surface area (Å²) in [4.78, 5) is 12.3. The van der Waals surface area contributed by atoms with Crippen molar-refractivity contribution in [1.82, 2.24) is 10.6 Å². The van der Waals surface area contributed by atoms with Gasteiger partial charge in [0, 0.05) is 34.5 Å². The van der Waals surface area contributed by atoms with Crippen LogP contribution < -0.4 is 10.6 Å². The Kier molecular flexibility index (Phi) is 5.70. The minimum atomic E-state index is -0.307. The van der Waals surface area contributed by atoms with Crippen molar-refractivity contribution < 1.29 is 9.18 Å². The van der Waals surface area contributed by atoms with Crippen LogP contribution in [-0.4, -0.2) is 24.5 Å². The van der Waals surface area contributed by atoms with Gasteiger partial charge in [-0.2, -0.15) is 0 Å². The summed E-state index contributed by atoms with van der Waals surface area (Å²) in [5.41, 5.74) is 0.498. The predicted octanol–water partition coefficient (Wildman–Crippen LogP) is 3.26. The standard InChI is InChI=1S/C16H20ClFN2O.ClH/c1-9-7-10(5-6-19-9)20-16(21)12-8-11(12)15-13(17)3-2-4-14(15)18;/h2-4,9-12,19H,5-8H2,1H3,(H,20,21);1H. The molecule has 1 aliphatic heterocycles. The molecule has 4 unspecified atom stereocenters. The Bertz CT molecular complexity index is 535. The van der Waals surface area contributed by atoms with Crippen LogP contribution in [0, 0.1) is 11.7 Å². The first-order chi connectivity index (χ1) is 10.1. The molecule has 2 aliphatic rings. The SMILES string of the molecule is CC1CC(NC(=O)C2CC2c2c(F)cccc2Cl)CCN1.Cl. The fourth-order valence-electron chi connectivity index (χ4n) is 3.24. The normalized spacial score (nSPS) is 30.3. The van der Waals surface area contributed by atoms with Gasteiger partial charge in [-0.3, -0.25) is 4.79 Å². The van der Waals surface area contributed by atoms with E-state index in [0.29, 0.717) is 23.0 Å². The van der Waals surface area contributed by atoms with Crippen LogP contribution in [-0.2, 0) is 4.79 Å². The third-order valence-electron chi connectivity index (χ3n) is 4.47. The molecule has 1 aromatic carbocycles. The minimum Gasteiger partial charge on any atom is -0.353 e. The van der Waals surface area contributed by atoms with Crippen LogP contribution in [0.15, 0.2) is 18.2 Å². The molecule has 1 heterocycles. The molecule has 1 amide bonds. The van der Waals surface area contributed by atoms with Gasteiger partial charge in [-0.25, -0.2) is 4.39 Å². The van der Waals surface area contributed by atoms with Crippen LogP contribution in [0.5, 0.6) is 0 Å². The van der Waals surface area contributed by atoms with Gasteiger partial charge in [0.2, 0.25) is 5.91 Å².